The van der Waals surface area contributed by atoms with Crippen LogP contribution in [0.15, 0.2) is 77.0 Å². The number of benzene rings is 2. The summed E-state index contributed by atoms with van der Waals surface area (Å²) in [6, 6.07) is 18.2. The summed E-state index contributed by atoms with van der Waals surface area (Å²) in [7, 11) is 1.59. The van der Waals surface area contributed by atoms with Crippen molar-refractivity contribution in [2.45, 2.75) is 13.5 Å². The highest BCUT2D eigenvalue weighted by atomic mass is 16.5. The van der Waals surface area contributed by atoms with Crippen LogP contribution in [0.4, 0.5) is 5.69 Å². The fourth-order valence-corrected chi connectivity index (χ4v) is 3.20. The molecule has 0 spiro atoms. The Hall–Kier alpha value is -3.80. The van der Waals surface area contributed by atoms with E-state index in [4.69, 9.17) is 9.15 Å². The van der Waals surface area contributed by atoms with Crippen LogP contribution in [0.3, 0.4) is 0 Å². The average Bonchev–Trinajstić information content (AvgIpc) is 3.33. The highest BCUT2D eigenvalue weighted by molar-refractivity contribution is 6.36. The van der Waals surface area contributed by atoms with Crippen LogP contribution >= 0.6 is 0 Å². The minimum Gasteiger partial charge on any atom is -0.497 e. The quantitative estimate of drug-likeness (QED) is 0.647. The number of anilines is 1. The maximum absolute atomic E-state index is 13.2. The predicted molar refractivity (Wildman–Crippen MR) is 109 cm³/mol. The zero-order valence-electron chi connectivity index (χ0n) is 16.1. The Labute approximate surface area is 168 Å². The molecule has 0 atom stereocenters. The lowest BCUT2D eigenvalue weighted by Gasteiger charge is -2.13. The number of imide groups is 1. The Bertz CT molecular complexity index is 1070. The fraction of sp³-hybridized carbons (Fsp3) is 0.130. The normalized spacial score (nSPS) is 13.9. The first-order valence-corrected chi connectivity index (χ1v) is 9.18. The molecule has 4 rings (SSSR count). The van der Waals surface area contributed by atoms with E-state index in [1.807, 2.05) is 31.2 Å². The Morgan fingerprint density at radius 1 is 0.966 bits per heavy atom. The Balaban J connectivity index is 1.72. The zero-order chi connectivity index (χ0) is 20.4. The zero-order valence-corrected chi connectivity index (χ0v) is 16.1. The highest BCUT2D eigenvalue weighted by Crippen LogP contribution is 2.32. The molecule has 2 heterocycles. The lowest BCUT2D eigenvalue weighted by molar-refractivity contribution is -0.137. The first-order chi connectivity index (χ1) is 14.1. The summed E-state index contributed by atoms with van der Waals surface area (Å²) < 4.78 is 10.5. The molecule has 6 nitrogen and oxygen atoms in total. The van der Waals surface area contributed by atoms with E-state index in [9.17, 15) is 9.59 Å². The smallest absolute Gasteiger partial charge is 0.278 e. The monoisotopic (exact) mass is 388 g/mol. The number of nitrogens with zero attached hydrogens (tertiary/aromatic N) is 1. The number of hydrogen-bond donors (Lipinski definition) is 1. The summed E-state index contributed by atoms with van der Waals surface area (Å²) in [4.78, 5) is 27.5. The molecule has 6 heteroatoms. The van der Waals surface area contributed by atoms with Crippen molar-refractivity contribution in [1.29, 1.82) is 0 Å². The number of ether oxygens (including phenoxy) is 1. The van der Waals surface area contributed by atoms with Crippen LogP contribution < -0.4 is 10.1 Å². The van der Waals surface area contributed by atoms with E-state index in [1.165, 1.54) is 11.2 Å². The number of rotatable bonds is 6. The van der Waals surface area contributed by atoms with Gasteiger partial charge in [-0.15, -0.1) is 0 Å². The van der Waals surface area contributed by atoms with Crippen LogP contribution in [0, 0.1) is 6.92 Å². The van der Waals surface area contributed by atoms with Crippen molar-refractivity contribution >= 4 is 23.1 Å². The molecule has 146 valence electrons. The van der Waals surface area contributed by atoms with Gasteiger partial charge < -0.3 is 14.5 Å². The Morgan fingerprint density at radius 2 is 1.69 bits per heavy atom. The maximum Gasteiger partial charge on any atom is 0.278 e. The van der Waals surface area contributed by atoms with Crippen molar-refractivity contribution in [1.82, 2.24) is 4.90 Å². The van der Waals surface area contributed by atoms with E-state index < -0.39 is 5.91 Å². The Kier molecular flexibility index (Phi) is 4.91. The van der Waals surface area contributed by atoms with Gasteiger partial charge in [0.1, 0.15) is 17.2 Å². The summed E-state index contributed by atoms with van der Waals surface area (Å²) in [5.74, 6) is 0.501. The van der Waals surface area contributed by atoms with Crippen LogP contribution in [-0.2, 0) is 16.1 Å². The number of carbonyl (C=O) groups is 2. The van der Waals surface area contributed by atoms with Crippen molar-refractivity contribution in [2.24, 2.45) is 0 Å². The number of nitrogens with one attached hydrogen (secondary N) is 1. The van der Waals surface area contributed by atoms with Gasteiger partial charge in [0.05, 0.1) is 25.5 Å². The van der Waals surface area contributed by atoms with Crippen LogP contribution in [0.5, 0.6) is 5.75 Å². The third kappa shape index (κ3) is 3.65. The van der Waals surface area contributed by atoms with Crippen molar-refractivity contribution in [2.75, 3.05) is 12.4 Å². The number of hydrogen-bond acceptors (Lipinski definition) is 5. The van der Waals surface area contributed by atoms with Gasteiger partial charge in [0.15, 0.2) is 0 Å². The van der Waals surface area contributed by atoms with E-state index in [0.29, 0.717) is 28.3 Å². The summed E-state index contributed by atoms with van der Waals surface area (Å²) >= 11 is 0. The highest BCUT2D eigenvalue weighted by Gasteiger charge is 2.39. The standard InChI is InChI=1S/C23H20N2O4/c1-15-5-7-16(8-6-15)20-21(24-17-9-11-18(28-2)12-10-17)23(27)25(22(20)26)14-19-4-3-13-29-19/h3-13,24H,14H2,1-2H3. The number of aryl methyl sites for hydroxylation is 1. The van der Waals surface area contributed by atoms with Gasteiger partial charge in [0, 0.05) is 5.69 Å². The summed E-state index contributed by atoms with van der Waals surface area (Å²) in [6.45, 7) is 2.05. The largest absolute Gasteiger partial charge is 0.497 e. The van der Waals surface area contributed by atoms with Gasteiger partial charge in [-0.05, 0) is 48.9 Å². The molecule has 0 radical (unpaired) electrons. The van der Waals surface area contributed by atoms with Gasteiger partial charge in [0.25, 0.3) is 11.8 Å². The minimum absolute atomic E-state index is 0.0772. The predicted octanol–water partition coefficient (Wildman–Crippen LogP) is 3.99. The number of carbonyl (C=O) groups excluding carboxylic acids is 2. The van der Waals surface area contributed by atoms with Gasteiger partial charge in [-0.1, -0.05) is 29.8 Å². The molecule has 1 aliphatic rings. The second-order valence-electron chi connectivity index (χ2n) is 6.75. The molecule has 1 aliphatic heterocycles. The summed E-state index contributed by atoms with van der Waals surface area (Å²) in [5, 5.41) is 3.13. The van der Waals surface area contributed by atoms with E-state index >= 15 is 0 Å². The third-order valence-electron chi connectivity index (χ3n) is 4.76. The van der Waals surface area contributed by atoms with Crippen LogP contribution in [-0.4, -0.2) is 23.8 Å². The van der Waals surface area contributed by atoms with Crippen molar-refractivity contribution in [3.63, 3.8) is 0 Å². The molecule has 0 fully saturated rings. The molecule has 0 aliphatic carbocycles. The van der Waals surface area contributed by atoms with Crippen LogP contribution in [0.2, 0.25) is 0 Å². The lowest BCUT2D eigenvalue weighted by atomic mass is 10.0. The number of amides is 2. The maximum atomic E-state index is 13.2. The van der Waals surface area contributed by atoms with Gasteiger partial charge in [-0.25, -0.2) is 0 Å². The molecular formula is C23H20N2O4. The van der Waals surface area contributed by atoms with Gasteiger partial charge in [0.2, 0.25) is 0 Å². The molecule has 0 saturated carbocycles. The molecule has 3 aromatic rings. The topological polar surface area (TPSA) is 71.8 Å². The van der Waals surface area contributed by atoms with E-state index in [1.54, 1.807) is 43.5 Å². The number of methoxy groups -OCH3 is 1. The number of furan rings is 1. The molecular weight excluding hydrogens is 368 g/mol. The van der Waals surface area contributed by atoms with E-state index in [0.717, 1.165) is 5.56 Å². The molecule has 1 N–H and O–H groups in total. The lowest BCUT2D eigenvalue weighted by Crippen LogP contribution is -2.31. The molecule has 1 aromatic heterocycles. The molecule has 2 amide bonds. The molecule has 0 saturated heterocycles. The minimum atomic E-state index is -0.391. The second kappa shape index (κ2) is 7.67. The fourth-order valence-electron chi connectivity index (χ4n) is 3.20. The van der Waals surface area contributed by atoms with Gasteiger partial charge in [-0.3, -0.25) is 14.5 Å². The van der Waals surface area contributed by atoms with Gasteiger partial charge >= 0.3 is 0 Å². The molecule has 0 bridgehead atoms. The summed E-state index contributed by atoms with van der Waals surface area (Å²) in [6.07, 6.45) is 1.52. The third-order valence-corrected chi connectivity index (χ3v) is 4.76. The Morgan fingerprint density at radius 3 is 2.31 bits per heavy atom. The van der Waals surface area contributed by atoms with Crippen molar-refractivity contribution in [3.8, 4) is 5.75 Å². The van der Waals surface area contributed by atoms with Crippen molar-refractivity contribution < 1.29 is 18.7 Å². The second-order valence-corrected chi connectivity index (χ2v) is 6.75. The van der Waals surface area contributed by atoms with Crippen LogP contribution in [0.1, 0.15) is 16.9 Å². The average molecular weight is 388 g/mol. The SMILES string of the molecule is COc1ccc(NC2=C(c3ccc(C)cc3)C(=O)N(Cc3ccco3)C2=O)cc1. The van der Waals surface area contributed by atoms with Crippen LogP contribution in [0.25, 0.3) is 5.57 Å². The molecule has 0 unspecified atom stereocenters. The molecule has 29 heavy (non-hydrogen) atoms. The first-order valence-electron chi connectivity index (χ1n) is 9.18. The first kappa shape index (κ1) is 18.6. The van der Waals surface area contributed by atoms with E-state index in [2.05, 4.69) is 5.32 Å². The van der Waals surface area contributed by atoms with Crippen molar-refractivity contribution in [3.05, 3.63) is 89.5 Å². The van der Waals surface area contributed by atoms with Gasteiger partial charge in [-0.2, -0.15) is 0 Å². The van der Waals surface area contributed by atoms with E-state index in [-0.39, 0.29) is 18.1 Å². The summed E-state index contributed by atoms with van der Waals surface area (Å²) in [5.41, 5.74) is 3.04. The molecule has 2 aromatic carbocycles.